The number of ether oxygens (including phenoxy) is 2. The number of nitrogens with one attached hydrogen (secondary N) is 2. The number of aliphatic hydroxyl groups is 1. The van der Waals surface area contributed by atoms with Crippen molar-refractivity contribution >= 4 is 16.6 Å². The van der Waals surface area contributed by atoms with Crippen molar-refractivity contribution in [3.63, 3.8) is 0 Å². The number of nitrogens with zero attached hydrogens (tertiary/aromatic N) is 3. The second-order valence-corrected chi connectivity index (χ2v) is 8.91. The van der Waals surface area contributed by atoms with Crippen LogP contribution in [0.1, 0.15) is 26.7 Å². The molecule has 3 N–H and O–H groups in total. The standard InChI is InChI=1S/C24H31N5O4/c1-24(2,14-30)29-10-7-15(8-11-29)26-17-6-5-9-25-21(17)22-27-18-12-16(32-3)13-19(33-4)20(18)23(31)28-22/h5-6,9,12-13,15,26,30H,7-8,10-11,14H2,1-4H3,(H,27,28,31). The van der Waals surface area contributed by atoms with Gasteiger partial charge in [-0.15, -0.1) is 0 Å². The van der Waals surface area contributed by atoms with E-state index in [0.29, 0.717) is 33.9 Å². The fourth-order valence-electron chi connectivity index (χ4n) is 4.26. The Morgan fingerprint density at radius 2 is 2.00 bits per heavy atom. The lowest BCUT2D eigenvalue weighted by Crippen LogP contribution is -2.52. The molecule has 0 aliphatic carbocycles. The third-order valence-corrected chi connectivity index (χ3v) is 6.33. The second-order valence-electron chi connectivity index (χ2n) is 8.91. The zero-order valence-corrected chi connectivity index (χ0v) is 19.5. The maximum Gasteiger partial charge on any atom is 0.262 e. The van der Waals surface area contributed by atoms with E-state index >= 15 is 0 Å². The Labute approximate surface area is 192 Å². The number of hydrogen-bond acceptors (Lipinski definition) is 8. The number of benzene rings is 1. The Hall–Kier alpha value is -3.17. The molecule has 3 aromatic rings. The highest BCUT2D eigenvalue weighted by Gasteiger charge is 2.30. The van der Waals surface area contributed by atoms with Crippen molar-refractivity contribution in [3.8, 4) is 23.0 Å². The molecule has 9 nitrogen and oxygen atoms in total. The lowest BCUT2D eigenvalue weighted by molar-refractivity contribution is 0.0400. The number of aromatic nitrogens is 3. The lowest BCUT2D eigenvalue weighted by atomic mass is 9.97. The molecule has 1 saturated heterocycles. The lowest BCUT2D eigenvalue weighted by Gasteiger charge is -2.42. The number of piperidine rings is 1. The van der Waals surface area contributed by atoms with E-state index in [2.05, 4.69) is 39.0 Å². The minimum absolute atomic E-state index is 0.133. The largest absolute Gasteiger partial charge is 0.497 e. The zero-order chi connectivity index (χ0) is 23.6. The third-order valence-electron chi connectivity index (χ3n) is 6.33. The molecule has 0 spiro atoms. The molecule has 3 heterocycles. The van der Waals surface area contributed by atoms with Gasteiger partial charge < -0.3 is 24.9 Å². The van der Waals surface area contributed by atoms with E-state index in [1.165, 1.54) is 7.11 Å². The Kier molecular flexibility index (Phi) is 6.53. The van der Waals surface area contributed by atoms with E-state index in [-0.39, 0.29) is 23.7 Å². The van der Waals surface area contributed by atoms with Gasteiger partial charge in [0.2, 0.25) is 0 Å². The van der Waals surface area contributed by atoms with Crippen molar-refractivity contribution in [2.45, 2.75) is 38.3 Å². The van der Waals surface area contributed by atoms with E-state index in [1.54, 1.807) is 25.4 Å². The molecule has 1 aromatic carbocycles. The molecule has 2 aromatic heterocycles. The van der Waals surface area contributed by atoms with Gasteiger partial charge in [-0.25, -0.2) is 4.98 Å². The summed E-state index contributed by atoms with van der Waals surface area (Å²) in [6.45, 7) is 6.04. The summed E-state index contributed by atoms with van der Waals surface area (Å²) in [6, 6.07) is 7.44. The first-order valence-electron chi connectivity index (χ1n) is 11.1. The summed E-state index contributed by atoms with van der Waals surface area (Å²) >= 11 is 0. The van der Waals surface area contributed by atoms with Crippen LogP contribution in [-0.2, 0) is 0 Å². The summed E-state index contributed by atoms with van der Waals surface area (Å²) in [5, 5.41) is 13.6. The molecular formula is C24H31N5O4. The SMILES string of the molecule is COc1cc(OC)c2c(=O)[nH]c(-c3ncccc3NC3CCN(C(C)(C)CO)CC3)nc2c1. The fourth-order valence-corrected chi connectivity index (χ4v) is 4.26. The van der Waals surface area contributed by atoms with E-state index < -0.39 is 0 Å². The molecule has 0 bridgehead atoms. The van der Waals surface area contributed by atoms with Crippen molar-refractivity contribution < 1.29 is 14.6 Å². The van der Waals surface area contributed by atoms with Crippen molar-refractivity contribution in [3.05, 3.63) is 40.8 Å². The number of fused-ring (bicyclic) bond motifs is 1. The summed E-state index contributed by atoms with van der Waals surface area (Å²) in [7, 11) is 3.07. The third kappa shape index (κ3) is 4.65. The number of rotatable bonds is 7. The first-order chi connectivity index (χ1) is 15.9. The van der Waals surface area contributed by atoms with Gasteiger partial charge in [0.1, 0.15) is 22.6 Å². The first kappa shape index (κ1) is 23.0. The summed E-state index contributed by atoms with van der Waals surface area (Å²) < 4.78 is 10.7. The van der Waals surface area contributed by atoms with Crippen LogP contribution >= 0.6 is 0 Å². The topological polar surface area (TPSA) is 113 Å². The summed E-state index contributed by atoms with van der Waals surface area (Å²) in [5.41, 5.74) is 1.35. The van der Waals surface area contributed by atoms with Gasteiger partial charge in [0.15, 0.2) is 5.82 Å². The molecule has 0 amide bonds. The fraction of sp³-hybridized carbons (Fsp3) is 0.458. The molecule has 1 aliphatic rings. The molecule has 0 unspecified atom stereocenters. The number of anilines is 1. The average Bonchev–Trinajstić information content (AvgIpc) is 2.83. The molecule has 33 heavy (non-hydrogen) atoms. The van der Waals surface area contributed by atoms with Crippen LogP contribution in [0.4, 0.5) is 5.69 Å². The number of aliphatic hydroxyl groups excluding tert-OH is 1. The number of aromatic amines is 1. The van der Waals surface area contributed by atoms with Crippen LogP contribution in [0, 0.1) is 0 Å². The number of likely N-dealkylation sites (tertiary alicyclic amines) is 1. The van der Waals surface area contributed by atoms with Gasteiger partial charge in [-0.2, -0.15) is 0 Å². The normalized spacial score (nSPS) is 15.5. The molecule has 176 valence electrons. The number of methoxy groups -OCH3 is 2. The highest BCUT2D eigenvalue weighted by atomic mass is 16.5. The monoisotopic (exact) mass is 453 g/mol. The molecule has 9 heteroatoms. The highest BCUT2D eigenvalue weighted by molar-refractivity contribution is 5.87. The van der Waals surface area contributed by atoms with E-state index in [1.807, 2.05) is 12.1 Å². The quantitative estimate of drug-likeness (QED) is 0.501. The van der Waals surface area contributed by atoms with Gasteiger partial charge in [0, 0.05) is 43.0 Å². The minimum Gasteiger partial charge on any atom is -0.497 e. The summed E-state index contributed by atoms with van der Waals surface area (Å²) in [4.78, 5) is 27.3. The predicted molar refractivity (Wildman–Crippen MR) is 128 cm³/mol. The van der Waals surface area contributed by atoms with E-state index in [0.717, 1.165) is 31.6 Å². The number of H-pyrrole nitrogens is 1. The molecule has 0 saturated carbocycles. The van der Waals surface area contributed by atoms with Crippen LogP contribution in [0.15, 0.2) is 35.3 Å². The van der Waals surface area contributed by atoms with Gasteiger partial charge >= 0.3 is 0 Å². The first-order valence-corrected chi connectivity index (χ1v) is 11.1. The Morgan fingerprint density at radius 1 is 1.24 bits per heavy atom. The van der Waals surface area contributed by atoms with Crippen LogP contribution in [-0.4, -0.2) is 70.5 Å². The number of hydrogen-bond donors (Lipinski definition) is 3. The maximum atomic E-state index is 12.9. The smallest absolute Gasteiger partial charge is 0.262 e. The van der Waals surface area contributed by atoms with Crippen molar-refractivity contribution in [2.75, 3.05) is 39.2 Å². The van der Waals surface area contributed by atoms with Gasteiger partial charge in [-0.1, -0.05) is 0 Å². The minimum atomic E-state index is -0.300. The molecule has 1 aliphatic heterocycles. The van der Waals surface area contributed by atoms with Crippen LogP contribution in [0.3, 0.4) is 0 Å². The summed E-state index contributed by atoms with van der Waals surface area (Å²) in [6.07, 6.45) is 3.56. The second kappa shape index (κ2) is 9.36. The Bertz CT molecular complexity index is 1190. The Balaban J connectivity index is 1.64. The van der Waals surface area contributed by atoms with Gasteiger partial charge in [-0.3, -0.25) is 14.7 Å². The molecule has 1 fully saturated rings. The van der Waals surface area contributed by atoms with Gasteiger partial charge in [-0.05, 0) is 38.8 Å². The van der Waals surface area contributed by atoms with Crippen molar-refractivity contribution in [1.82, 2.24) is 19.9 Å². The highest BCUT2D eigenvalue weighted by Crippen LogP contribution is 2.31. The van der Waals surface area contributed by atoms with Crippen molar-refractivity contribution in [2.24, 2.45) is 0 Å². The average molecular weight is 454 g/mol. The predicted octanol–water partition coefficient (Wildman–Crippen LogP) is 2.65. The molecule has 0 radical (unpaired) electrons. The van der Waals surface area contributed by atoms with Gasteiger partial charge in [0.25, 0.3) is 5.56 Å². The van der Waals surface area contributed by atoms with Crippen molar-refractivity contribution in [1.29, 1.82) is 0 Å². The van der Waals surface area contributed by atoms with Crippen LogP contribution in [0.5, 0.6) is 11.5 Å². The number of pyridine rings is 1. The Morgan fingerprint density at radius 3 is 2.67 bits per heavy atom. The van der Waals surface area contributed by atoms with E-state index in [4.69, 9.17) is 9.47 Å². The van der Waals surface area contributed by atoms with E-state index in [9.17, 15) is 9.90 Å². The van der Waals surface area contributed by atoms with Crippen LogP contribution < -0.4 is 20.3 Å². The molecule has 4 rings (SSSR count). The zero-order valence-electron chi connectivity index (χ0n) is 19.5. The van der Waals surface area contributed by atoms with Gasteiger partial charge in [0.05, 0.1) is 32.0 Å². The summed E-state index contributed by atoms with van der Waals surface area (Å²) in [5.74, 6) is 1.34. The van der Waals surface area contributed by atoms with Crippen LogP contribution in [0.25, 0.3) is 22.4 Å². The maximum absolute atomic E-state index is 12.9. The molecule has 0 atom stereocenters. The molecular weight excluding hydrogens is 422 g/mol. The van der Waals surface area contributed by atoms with Crippen LogP contribution in [0.2, 0.25) is 0 Å².